The van der Waals surface area contributed by atoms with Crippen molar-refractivity contribution in [1.29, 1.82) is 0 Å². The molecule has 24 heavy (non-hydrogen) atoms. The number of anilines is 1. The fraction of sp³-hybridized carbons (Fsp3) is 0.500. The topological polar surface area (TPSA) is 70.6 Å². The van der Waals surface area contributed by atoms with Crippen molar-refractivity contribution in [1.82, 2.24) is 9.88 Å². The predicted octanol–water partition coefficient (Wildman–Crippen LogP) is 1.76. The van der Waals surface area contributed by atoms with Gasteiger partial charge in [-0.15, -0.1) is 0 Å². The summed E-state index contributed by atoms with van der Waals surface area (Å²) in [5, 5.41) is 0.897. The van der Waals surface area contributed by atoms with Crippen LogP contribution in [-0.2, 0) is 14.6 Å². The Balaban J connectivity index is 1.51. The lowest BCUT2D eigenvalue weighted by Crippen LogP contribution is -2.49. The molecule has 6 nitrogen and oxygen atoms in total. The first-order valence-corrected chi connectivity index (χ1v) is 10.8. The van der Waals surface area contributed by atoms with Gasteiger partial charge in [0.05, 0.1) is 15.1 Å². The van der Waals surface area contributed by atoms with Crippen molar-refractivity contribution in [3.63, 3.8) is 0 Å². The first-order chi connectivity index (χ1) is 11.4. The summed E-state index contributed by atoms with van der Waals surface area (Å²) < 4.78 is 24.2. The van der Waals surface area contributed by atoms with Gasteiger partial charge in [-0.3, -0.25) is 4.79 Å². The van der Waals surface area contributed by atoms with Crippen molar-refractivity contribution in [3.8, 4) is 0 Å². The van der Waals surface area contributed by atoms with Gasteiger partial charge < -0.3 is 9.80 Å². The monoisotopic (exact) mass is 365 g/mol. The molecule has 0 spiro atoms. The zero-order valence-electron chi connectivity index (χ0n) is 13.4. The molecule has 1 aliphatic heterocycles. The standard InChI is InChI=1S/C16H19N3O3S2/c1-24(21,22)12-4-5-13-14(10-12)23-16(17-13)19-8-6-18(7-9-19)15(20)11-2-3-11/h4-5,10-11H,2-3,6-9H2,1H3. The number of aromatic nitrogens is 1. The summed E-state index contributed by atoms with van der Waals surface area (Å²) in [5.74, 6) is 0.574. The molecule has 0 unspecified atom stereocenters. The van der Waals surface area contributed by atoms with Gasteiger partial charge in [-0.25, -0.2) is 13.4 Å². The Bertz CT molecular complexity index is 894. The molecule has 1 aliphatic carbocycles. The Morgan fingerprint density at radius 1 is 1.21 bits per heavy atom. The maximum atomic E-state index is 12.1. The summed E-state index contributed by atoms with van der Waals surface area (Å²) in [6.07, 6.45) is 3.30. The highest BCUT2D eigenvalue weighted by atomic mass is 32.2. The number of amides is 1. The van der Waals surface area contributed by atoms with E-state index < -0.39 is 9.84 Å². The van der Waals surface area contributed by atoms with Crippen LogP contribution in [0.2, 0.25) is 0 Å². The Morgan fingerprint density at radius 3 is 2.54 bits per heavy atom. The molecule has 128 valence electrons. The molecule has 1 amide bonds. The van der Waals surface area contributed by atoms with E-state index in [0.717, 1.165) is 54.4 Å². The smallest absolute Gasteiger partial charge is 0.225 e. The van der Waals surface area contributed by atoms with Crippen molar-refractivity contribution >= 4 is 42.4 Å². The third kappa shape index (κ3) is 3.00. The van der Waals surface area contributed by atoms with Crippen LogP contribution >= 0.6 is 11.3 Å². The van der Waals surface area contributed by atoms with Gasteiger partial charge in [0.25, 0.3) is 0 Å². The molecular weight excluding hydrogens is 346 g/mol. The highest BCUT2D eigenvalue weighted by molar-refractivity contribution is 7.90. The van der Waals surface area contributed by atoms with E-state index in [1.807, 2.05) is 4.90 Å². The molecule has 2 fully saturated rings. The minimum absolute atomic E-state index is 0.272. The summed E-state index contributed by atoms with van der Waals surface area (Å²) in [4.78, 5) is 21.2. The van der Waals surface area contributed by atoms with Crippen LogP contribution in [0.5, 0.6) is 0 Å². The quantitative estimate of drug-likeness (QED) is 0.829. The van der Waals surface area contributed by atoms with Gasteiger partial charge in [0.1, 0.15) is 0 Å². The minimum atomic E-state index is -3.21. The van der Waals surface area contributed by atoms with Crippen molar-refractivity contribution < 1.29 is 13.2 Å². The molecule has 8 heteroatoms. The predicted molar refractivity (Wildman–Crippen MR) is 94.2 cm³/mol. The highest BCUT2D eigenvalue weighted by Crippen LogP contribution is 2.33. The average molecular weight is 365 g/mol. The van der Waals surface area contributed by atoms with E-state index in [-0.39, 0.29) is 5.92 Å². The number of piperazine rings is 1. The van der Waals surface area contributed by atoms with Gasteiger partial charge in [0, 0.05) is 38.4 Å². The maximum Gasteiger partial charge on any atom is 0.225 e. The van der Waals surface area contributed by atoms with E-state index in [1.165, 1.54) is 17.6 Å². The lowest BCUT2D eigenvalue weighted by molar-refractivity contribution is -0.132. The number of hydrogen-bond acceptors (Lipinski definition) is 6. The number of carbonyl (C=O) groups excluding carboxylic acids is 1. The van der Waals surface area contributed by atoms with Crippen LogP contribution in [0.3, 0.4) is 0 Å². The van der Waals surface area contributed by atoms with Gasteiger partial charge in [0.15, 0.2) is 15.0 Å². The SMILES string of the molecule is CS(=O)(=O)c1ccc2nc(N3CCN(C(=O)C4CC4)CC3)sc2c1. The number of nitrogens with zero attached hydrogens (tertiary/aromatic N) is 3. The number of thiazole rings is 1. The van der Waals surface area contributed by atoms with Gasteiger partial charge in [0.2, 0.25) is 5.91 Å². The number of fused-ring (bicyclic) bond motifs is 1. The molecule has 1 saturated carbocycles. The van der Waals surface area contributed by atoms with Crippen molar-refractivity contribution in [2.45, 2.75) is 17.7 Å². The summed E-state index contributed by atoms with van der Waals surface area (Å²) in [7, 11) is -3.21. The average Bonchev–Trinajstić information content (AvgIpc) is 3.31. The van der Waals surface area contributed by atoms with E-state index in [9.17, 15) is 13.2 Å². The van der Waals surface area contributed by atoms with Crippen molar-refractivity contribution in [2.75, 3.05) is 37.3 Å². The zero-order valence-corrected chi connectivity index (χ0v) is 15.1. The Kier molecular flexibility index (Phi) is 3.76. The van der Waals surface area contributed by atoms with E-state index in [2.05, 4.69) is 9.88 Å². The van der Waals surface area contributed by atoms with E-state index in [4.69, 9.17) is 0 Å². The van der Waals surface area contributed by atoms with E-state index >= 15 is 0 Å². The van der Waals surface area contributed by atoms with Crippen LogP contribution in [0.4, 0.5) is 5.13 Å². The van der Waals surface area contributed by atoms with Crippen LogP contribution in [0.15, 0.2) is 23.1 Å². The molecule has 4 rings (SSSR count). The number of sulfone groups is 1. The van der Waals surface area contributed by atoms with Gasteiger partial charge in [-0.1, -0.05) is 11.3 Å². The van der Waals surface area contributed by atoms with Gasteiger partial charge >= 0.3 is 0 Å². The highest BCUT2D eigenvalue weighted by Gasteiger charge is 2.34. The largest absolute Gasteiger partial charge is 0.345 e. The second-order valence-electron chi connectivity index (χ2n) is 6.48. The fourth-order valence-corrected chi connectivity index (χ4v) is 4.74. The van der Waals surface area contributed by atoms with Crippen LogP contribution < -0.4 is 4.90 Å². The molecule has 0 N–H and O–H groups in total. The molecule has 0 atom stereocenters. The van der Waals surface area contributed by atoms with Crippen LogP contribution in [0, 0.1) is 5.92 Å². The number of hydrogen-bond donors (Lipinski definition) is 0. The Hall–Kier alpha value is -1.67. The molecule has 1 aromatic heterocycles. The Morgan fingerprint density at radius 2 is 1.92 bits per heavy atom. The first-order valence-electron chi connectivity index (χ1n) is 8.06. The summed E-state index contributed by atoms with van der Waals surface area (Å²) in [5.41, 5.74) is 0.818. The molecule has 2 heterocycles. The minimum Gasteiger partial charge on any atom is -0.345 e. The third-order valence-corrected chi connectivity index (χ3v) is 6.75. The third-order valence-electron chi connectivity index (χ3n) is 4.57. The van der Waals surface area contributed by atoms with Crippen LogP contribution in [-0.4, -0.2) is 56.6 Å². The lowest BCUT2D eigenvalue weighted by Gasteiger charge is -2.34. The van der Waals surface area contributed by atoms with Crippen molar-refractivity contribution in [3.05, 3.63) is 18.2 Å². The lowest BCUT2D eigenvalue weighted by atomic mass is 10.3. The van der Waals surface area contributed by atoms with Gasteiger partial charge in [-0.05, 0) is 31.0 Å². The van der Waals surface area contributed by atoms with Crippen LogP contribution in [0.1, 0.15) is 12.8 Å². The normalized spacial score (nSPS) is 19.0. The fourth-order valence-electron chi connectivity index (χ4n) is 2.97. The summed E-state index contributed by atoms with van der Waals surface area (Å²) >= 11 is 1.51. The zero-order chi connectivity index (χ0) is 16.9. The maximum absolute atomic E-state index is 12.1. The second kappa shape index (κ2) is 5.70. The summed E-state index contributed by atoms with van der Waals surface area (Å²) in [6.45, 7) is 3.02. The first kappa shape index (κ1) is 15.8. The molecule has 2 aromatic rings. The van der Waals surface area contributed by atoms with E-state index in [0.29, 0.717) is 10.8 Å². The second-order valence-corrected chi connectivity index (χ2v) is 9.51. The number of benzene rings is 1. The molecule has 2 aliphatic rings. The molecule has 0 radical (unpaired) electrons. The van der Waals surface area contributed by atoms with Crippen molar-refractivity contribution in [2.24, 2.45) is 5.92 Å². The Labute approximate surface area is 145 Å². The molecular formula is C16H19N3O3S2. The number of carbonyl (C=O) groups is 1. The summed E-state index contributed by atoms with van der Waals surface area (Å²) in [6, 6.07) is 5.06. The van der Waals surface area contributed by atoms with E-state index in [1.54, 1.807) is 18.2 Å². The molecule has 0 bridgehead atoms. The molecule has 1 aromatic carbocycles. The van der Waals surface area contributed by atoms with Gasteiger partial charge in [-0.2, -0.15) is 0 Å². The number of rotatable bonds is 3. The van der Waals surface area contributed by atoms with Crippen LogP contribution in [0.25, 0.3) is 10.2 Å². The molecule has 1 saturated heterocycles.